The summed E-state index contributed by atoms with van der Waals surface area (Å²) in [5.74, 6) is -0.148. The van der Waals surface area contributed by atoms with Gasteiger partial charge in [0, 0.05) is 61.0 Å². The molecular formula is C21H25N3O6S. The van der Waals surface area contributed by atoms with E-state index in [1.165, 1.54) is 9.80 Å². The molecule has 31 heavy (non-hydrogen) atoms. The van der Waals surface area contributed by atoms with E-state index >= 15 is 0 Å². The molecule has 0 aromatic heterocycles. The maximum Gasteiger partial charge on any atom is 0.407 e. The average Bonchev–Trinajstić information content (AvgIpc) is 2.76. The lowest BCUT2D eigenvalue weighted by atomic mass is 9.92. The minimum absolute atomic E-state index is 0.0869. The zero-order valence-corrected chi connectivity index (χ0v) is 17.9. The van der Waals surface area contributed by atoms with Gasteiger partial charge in [0.1, 0.15) is 18.7 Å². The molecule has 2 aromatic rings. The number of hydrogen-bond acceptors (Lipinski definition) is 6. The smallest absolute Gasteiger partial charge is 0.407 e. The third kappa shape index (κ3) is 3.97. The van der Waals surface area contributed by atoms with Crippen molar-refractivity contribution in [2.24, 2.45) is 0 Å². The Morgan fingerprint density at radius 1 is 1.03 bits per heavy atom. The highest BCUT2D eigenvalue weighted by atomic mass is 32.2. The normalized spacial score (nSPS) is 22.6. The number of amides is 2. The summed E-state index contributed by atoms with van der Waals surface area (Å²) in [6.45, 7) is 1.33. The molecule has 1 saturated heterocycles. The molecule has 0 aliphatic carbocycles. The number of aliphatic hydroxyl groups excluding tert-OH is 2. The quantitative estimate of drug-likeness (QED) is 0.599. The standard InChI is InChI=1S/C21H25N3O6S/c1-31(30)16-6-5-15-18-13(16)3-2-4-14(18)19(26)24(20(15)27)8-7-17(25)22-9-11-23(12-10-22)21(28)29/h2-6,19-20,26-27H,7-12H2,1H3,(H,28,29). The van der Waals surface area contributed by atoms with Crippen LogP contribution in [0.4, 0.5) is 4.79 Å². The Kier molecular flexibility index (Phi) is 6.09. The first-order chi connectivity index (χ1) is 14.8. The maximum absolute atomic E-state index is 12.6. The van der Waals surface area contributed by atoms with Crippen molar-refractivity contribution in [3.8, 4) is 0 Å². The summed E-state index contributed by atoms with van der Waals surface area (Å²) in [7, 11) is 0. The van der Waals surface area contributed by atoms with Gasteiger partial charge in [-0.2, -0.15) is 0 Å². The monoisotopic (exact) mass is 447 g/mol. The number of rotatable bonds is 4. The summed E-state index contributed by atoms with van der Waals surface area (Å²) >= 11 is -1.21. The van der Waals surface area contributed by atoms with Crippen LogP contribution >= 0.6 is 0 Å². The van der Waals surface area contributed by atoms with Crippen LogP contribution in [0.1, 0.15) is 30.0 Å². The third-order valence-corrected chi connectivity index (χ3v) is 7.02. The van der Waals surface area contributed by atoms with Gasteiger partial charge in [-0.15, -0.1) is 0 Å². The fourth-order valence-electron chi connectivity index (χ4n) is 4.38. The van der Waals surface area contributed by atoms with E-state index in [1.807, 2.05) is 6.07 Å². The zero-order valence-electron chi connectivity index (χ0n) is 17.1. The lowest BCUT2D eigenvalue weighted by Gasteiger charge is -2.38. The van der Waals surface area contributed by atoms with E-state index in [-0.39, 0.29) is 32.0 Å². The van der Waals surface area contributed by atoms with Gasteiger partial charge in [-0.1, -0.05) is 12.1 Å². The number of nitrogens with zero attached hydrogens (tertiary/aromatic N) is 3. The predicted molar refractivity (Wildman–Crippen MR) is 114 cm³/mol. The van der Waals surface area contributed by atoms with Crippen molar-refractivity contribution in [2.75, 3.05) is 39.0 Å². The molecule has 2 aliphatic heterocycles. The van der Waals surface area contributed by atoms with Gasteiger partial charge in [0.15, 0.2) is 4.90 Å². The summed E-state index contributed by atoms with van der Waals surface area (Å²) in [6.07, 6.45) is -1.53. The number of hydrogen-bond donors (Lipinski definition) is 3. The first kappa shape index (κ1) is 21.8. The lowest BCUT2D eigenvalue weighted by molar-refractivity contribution is -0.138. The molecule has 2 amide bonds. The van der Waals surface area contributed by atoms with Crippen LogP contribution in [0.15, 0.2) is 35.2 Å². The molecule has 2 aliphatic rings. The van der Waals surface area contributed by atoms with Crippen LogP contribution < -0.4 is 0 Å². The second-order valence-corrected chi connectivity index (χ2v) is 9.11. The van der Waals surface area contributed by atoms with Gasteiger partial charge >= 0.3 is 6.09 Å². The second-order valence-electron chi connectivity index (χ2n) is 7.76. The molecule has 0 bridgehead atoms. The molecule has 0 spiro atoms. The molecule has 1 fully saturated rings. The molecule has 10 heteroatoms. The maximum atomic E-state index is 12.6. The topological polar surface area (TPSA) is 128 Å². The summed E-state index contributed by atoms with van der Waals surface area (Å²) in [6, 6.07) is 8.83. The number of benzene rings is 2. The van der Waals surface area contributed by atoms with Gasteiger partial charge < -0.3 is 29.7 Å². The first-order valence-corrected chi connectivity index (χ1v) is 11.6. The number of carbonyl (C=O) groups excluding carboxylic acids is 1. The molecule has 0 saturated carbocycles. The summed E-state index contributed by atoms with van der Waals surface area (Å²) in [4.78, 5) is 28.6. The van der Waals surface area contributed by atoms with Crippen molar-refractivity contribution in [2.45, 2.75) is 23.8 Å². The van der Waals surface area contributed by atoms with Crippen LogP contribution in [-0.4, -0.2) is 85.6 Å². The fourth-order valence-corrected chi connectivity index (χ4v) is 5.12. The molecule has 0 radical (unpaired) electrons. The Labute approximate surface area is 182 Å². The minimum atomic E-state index is -1.21. The molecule has 3 N–H and O–H groups in total. The van der Waals surface area contributed by atoms with Gasteiger partial charge in [0.05, 0.1) is 0 Å². The van der Waals surface area contributed by atoms with Crippen molar-refractivity contribution in [1.29, 1.82) is 0 Å². The first-order valence-electron chi connectivity index (χ1n) is 10.1. The van der Waals surface area contributed by atoms with Crippen LogP contribution in [0.5, 0.6) is 0 Å². The lowest BCUT2D eigenvalue weighted by Crippen LogP contribution is -2.50. The van der Waals surface area contributed by atoms with E-state index in [0.29, 0.717) is 34.5 Å². The summed E-state index contributed by atoms with van der Waals surface area (Å²) in [5, 5.41) is 32.3. The molecule has 9 nitrogen and oxygen atoms in total. The van der Waals surface area contributed by atoms with Crippen LogP contribution in [-0.2, 0) is 16.0 Å². The number of carboxylic acid groups (broad SMARTS) is 1. The van der Waals surface area contributed by atoms with Crippen LogP contribution in [0, 0.1) is 0 Å². The molecule has 3 unspecified atom stereocenters. The Hall–Kier alpha value is -2.37. The Balaban J connectivity index is 1.50. The summed E-state index contributed by atoms with van der Waals surface area (Å²) < 4.78 is 12.1. The van der Waals surface area contributed by atoms with E-state index in [0.717, 1.165) is 5.39 Å². The van der Waals surface area contributed by atoms with Crippen molar-refractivity contribution in [1.82, 2.24) is 14.7 Å². The van der Waals surface area contributed by atoms with Crippen molar-refractivity contribution >= 4 is 33.9 Å². The number of carbonyl (C=O) groups is 2. The van der Waals surface area contributed by atoms with Gasteiger partial charge in [-0.3, -0.25) is 4.79 Å². The van der Waals surface area contributed by atoms with Crippen molar-refractivity contribution < 1.29 is 29.5 Å². The van der Waals surface area contributed by atoms with Crippen LogP contribution in [0.25, 0.3) is 10.8 Å². The Morgan fingerprint density at radius 2 is 1.65 bits per heavy atom. The van der Waals surface area contributed by atoms with E-state index in [2.05, 4.69) is 0 Å². The van der Waals surface area contributed by atoms with Crippen LogP contribution in [0.2, 0.25) is 0 Å². The zero-order chi connectivity index (χ0) is 22.3. The van der Waals surface area contributed by atoms with Crippen LogP contribution in [0.3, 0.4) is 0 Å². The van der Waals surface area contributed by atoms with E-state index in [9.17, 15) is 24.4 Å². The third-order valence-electron chi connectivity index (χ3n) is 6.05. The molecule has 2 aromatic carbocycles. The predicted octanol–water partition coefficient (Wildman–Crippen LogP) is 1.09. The molecule has 2 heterocycles. The highest BCUT2D eigenvalue weighted by Crippen LogP contribution is 2.42. The van der Waals surface area contributed by atoms with Crippen molar-refractivity contribution in [3.63, 3.8) is 0 Å². The minimum Gasteiger partial charge on any atom is -0.612 e. The van der Waals surface area contributed by atoms with E-state index in [4.69, 9.17) is 5.11 Å². The Bertz CT molecular complexity index is 992. The molecule has 3 atom stereocenters. The second kappa shape index (κ2) is 8.64. The van der Waals surface area contributed by atoms with Gasteiger partial charge in [0.2, 0.25) is 5.91 Å². The highest BCUT2D eigenvalue weighted by Gasteiger charge is 2.35. The molecule has 166 valence electrons. The van der Waals surface area contributed by atoms with E-state index < -0.39 is 29.7 Å². The SMILES string of the molecule is C[S+]([O-])c1ccc2c3c(cccc13)C(O)N(CCC(=O)N1CCN(C(=O)O)CC1)C2O. The van der Waals surface area contributed by atoms with Crippen molar-refractivity contribution in [3.05, 3.63) is 41.5 Å². The Morgan fingerprint density at radius 3 is 2.26 bits per heavy atom. The number of aliphatic hydroxyl groups is 2. The van der Waals surface area contributed by atoms with Gasteiger partial charge in [0.25, 0.3) is 0 Å². The van der Waals surface area contributed by atoms with Gasteiger partial charge in [-0.05, 0) is 29.4 Å². The summed E-state index contributed by atoms with van der Waals surface area (Å²) in [5.41, 5.74) is 1.21. The fraction of sp³-hybridized carbons (Fsp3) is 0.429. The average molecular weight is 448 g/mol. The van der Waals surface area contributed by atoms with Gasteiger partial charge in [-0.25, -0.2) is 9.69 Å². The molecule has 4 rings (SSSR count). The number of piperazine rings is 1. The highest BCUT2D eigenvalue weighted by molar-refractivity contribution is 7.91. The van der Waals surface area contributed by atoms with E-state index in [1.54, 1.807) is 35.4 Å². The largest absolute Gasteiger partial charge is 0.612 e. The molecular weight excluding hydrogens is 422 g/mol.